The van der Waals surface area contributed by atoms with Crippen molar-refractivity contribution in [1.29, 1.82) is 0 Å². The van der Waals surface area contributed by atoms with Crippen LogP contribution in [0.4, 0.5) is 0 Å². The first kappa shape index (κ1) is 14.1. The monoisotopic (exact) mass is 272 g/mol. The molecule has 1 aromatic carbocycles. The third-order valence-electron chi connectivity index (χ3n) is 3.20. The zero-order chi connectivity index (χ0) is 13.7. The van der Waals surface area contributed by atoms with Gasteiger partial charge in [-0.25, -0.2) is 4.98 Å². The normalized spacial score (nSPS) is 12.4. The van der Waals surface area contributed by atoms with Gasteiger partial charge in [0.1, 0.15) is 0 Å². The maximum absolute atomic E-state index is 6.06. The summed E-state index contributed by atoms with van der Waals surface area (Å²) in [6.45, 7) is 4.21. The number of pyridine rings is 1. The minimum Gasteiger partial charge on any atom is -0.324 e. The average Bonchev–Trinajstić information content (AvgIpc) is 2.45. The van der Waals surface area contributed by atoms with Gasteiger partial charge in [0.15, 0.2) is 0 Å². The highest BCUT2D eigenvalue weighted by molar-refractivity contribution is 7.98. The number of thioether (sulfide) groups is 1. The van der Waals surface area contributed by atoms with Crippen molar-refractivity contribution >= 4 is 11.8 Å². The molecule has 0 saturated carbocycles. The molecule has 0 aliphatic carbocycles. The Morgan fingerprint density at radius 2 is 2.00 bits per heavy atom. The lowest BCUT2D eigenvalue weighted by molar-refractivity contribution is 0.687. The van der Waals surface area contributed by atoms with Crippen LogP contribution in [0, 0.1) is 6.92 Å². The zero-order valence-electron chi connectivity index (χ0n) is 11.5. The largest absolute Gasteiger partial charge is 0.324 e. The van der Waals surface area contributed by atoms with E-state index in [9.17, 15) is 0 Å². The number of benzene rings is 1. The van der Waals surface area contributed by atoms with Crippen molar-refractivity contribution < 1.29 is 0 Å². The summed E-state index contributed by atoms with van der Waals surface area (Å²) in [6, 6.07) is 12.7. The molecule has 2 N–H and O–H groups in total. The van der Waals surface area contributed by atoms with E-state index in [2.05, 4.69) is 49.2 Å². The van der Waals surface area contributed by atoms with E-state index >= 15 is 0 Å². The highest BCUT2D eigenvalue weighted by Crippen LogP contribution is 2.25. The minimum atomic E-state index is 0.0978. The Morgan fingerprint density at radius 1 is 1.26 bits per heavy atom. The van der Waals surface area contributed by atoms with Gasteiger partial charge < -0.3 is 5.73 Å². The van der Waals surface area contributed by atoms with Crippen molar-refractivity contribution in [3.63, 3.8) is 0 Å². The molecule has 0 aliphatic heterocycles. The van der Waals surface area contributed by atoms with E-state index in [0.717, 1.165) is 22.8 Å². The highest BCUT2D eigenvalue weighted by atomic mass is 32.2. The molecule has 0 radical (unpaired) electrons. The van der Waals surface area contributed by atoms with E-state index in [0.29, 0.717) is 0 Å². The van der Waals surface area contributed by atoms with E-state index in [-0.39, 0.29) is 6.04 Å². The van der Waals surface area contributed by atoms with Gasteiger partial charge in [-0.3, -0.25) is 0 Å². The fourth-order valence-corrected chi connectivity index (χ4v) is 2.85. The van der Waals surface area contributed by atoms with Crippen LogP contribution in [0.25, 0.3) is 0 Å². The van der Waals surface area contributed by atoms with Crippen molar-refractivity contribution in [2.24, 2.45) is 5.73 Å². The van der Waals surface area contributed by atoms with Gasteiger partial charge in [-0.1, -0.05) is 37.3 Å². The molecule has 1 atom stereocenters. The van der Waals surface area contributed by atoms with E-state index in [1.165, 1.54) is 11.1 Å². The topological polar surface area (TPSA) is 38.9 Å². The second kappa shape index (κ2) is 6.73. The Morgan fingerprint density at radius 3 is 2.63 bits per heavy atom. The number of rotatable bonds is 5. The lowest BCUT2D eigenvalue weighted by atomic mass is 10.0. The van der Waals surface area contributed by atoms with Gasteiger partial charge in [0.25, 0.3) is 0 Å². The molecule has 0 bridgehead atoms. The number of aryl methyl sites for hydroxylation is 1. The quantitative estimate of drug-likeness (QED) is 0.833. The molecule has 0 saturated heterocycles. The van der Waals surface area contributed by atoms with Crippen LogP contribution in [0.5, 0.6) is 0 Å². The average molecular weight is 272 g/mol. The second-order valence-corrected chi connectivity index (χ2v) is 5.66. The van der Waals surface area contributed by atoms with Gasteiger partial charge in [0, 0.05) is 18.0 Å². The van der Waals surface area contributed by atoms with Crippen molar-refractivity contribution in [3.05, 3.63) is 59.3 Å². The predicted molar refractivity (Wildman–Crippen MR) is 82.2 cm³/mol. The minimum absolute atomic E-state index is 0.0978. The molecular weight excluding hydrogens is 252 g/mol. The van der Waals surface area contributed by atoms with Gasteiger partial charge in [-0.15, -0.1) is 11.8 Å². The van der Waals surface area contributed by atoms with Gasteiger partial charge in [-0.05, 0) is 36.1 Å². The maximum atomic E-state index is 6.06. The van der Waals surface area contributed by atoms with Crippen molar-refractivity contribution in [3.8, 4) is 0 Å². The van der Waals surface area contributed by atoms with Gasteiger partial charge in [0.2, 0.25) is 0 Å². The second-order valence-electron chi connectivity index (χ2n) is 4.67. The molecule has 100 valence electrons. The number of nitrogens with zero attached hydrogens (tertiary/aromatic N) is 1. The molecule has 0 spiro atoms. The van der Waals surface area contributed by atoms with Crippen LogP contribution in [0.15, 0.2) is 47.6 Å². The Kier molecular flexibility index (Phi) is 5.00. The van der Waals surface area contributed by atoms with Crippen LogP contribution in [0.1, 0.15) is 36.1 Å². The van der Waals surface area contributed by atoms with Crippen molar-refractivity contribution in [2.45, 2.75) is 37.1 Å². The fourth-order valence-electron chi connectivity index (χ4n) is 1.96. The summed E-state index contributed by atoms with van der Waals surface area (Å²) in [5, 5.41) is 1.06. The van der Waals surface area contributed by atoms with Crippen molar-refractivity contribution in [1.82, 2.24) is 4.98 Å². The molecule has 2 rings (SSSR count). The van der Waals surface area contributed by atoms with Crippen LogP contribution >= 0.6 is 11.8 Å². The van der Waals surface area contributed by atoms with E-state index in [1.54, 1.807) is 11.8 Å². The Hall–Kier alpha value is -1.32. The van der Waals surface area contributed by atoms with Crippen molar-refractivity contribution in [2.75, 3.05) is 0 Å². The van der Waals surface area contributed by atoms with E-state index < -0.39 is 0 Å². The molecule has 1 heterocycles. The molecule has 2 aromatic rings. The van der Waals surface area contributed by atoms with Gasteiger partial charge in [0.05, 0.1) is 5.03 Å². The molecule has 0 fully saturated rings. The number of aromatic nitrogens is 1. The molecule has 1 aromatic heterocycles. The number of nitrogens with two attached hydrogens (primary N) is 1. The van der Waals surface area contributed by atoms with Crippen LogP contribution in [0.2, 0.25) is 0 Å². The summed E-state index contributed by atoms with van der Waals surface area (Å²) >= 11 is 1.76. The predicted octanol–water partition coefficient (Wildman–Crippen LogP) is 4.09. The number of hydrogen-bond acceptors (Lipinski definition) is 3. The zero-order valence-corrected chi connectivity index (χ0v) is 12.3. The summed E-state index contributed by atoms with van der Waals surface area (Å²) in [5.74, 6) is 0.951. The summed E-state index contributed by atoms with van der Waals surface area (Å²) in [4.78, 5) is 4.51. The summed E-state index contributed by atoms with van der Waals surface area (Å²) in [7, 11) is 0. The summed E-state index contributed by atoms with van der Waals surface area (Å²) < 4.78 is 0. The lowest BCUT2D eigenvalue weighted by Gasteiger charge is -2.13. The van der Waals surface area contributed by atoms with Gasteiger partial charge in [-0.2, -0.15) is 0 Å². The molecule has 3 heteroatoms. The Balaban J connectivity index is 2.04. The lowest BCUT2D eigenvalue weighted by Crippen LogP contribution is -2.10. The standard InChI is InChI=1S/C16H20N2S/c1-3-15(17)14-10-18-16(9-12(14)2)19-11-13-7-5-4-6-8-13/h4-10,15H,3,11,17H2,1-2H3/t15-/m1/s1. The Labute approximate surface area is 119 Å². The maximum Gasteiger partial charge on any atom is 0.0965 e. The number of hydrogen-bond donors (Lipinski definition) is 1. The third-order valence-corrected chi connectivity index (χ3v) is 4.19. The molecular formula is C16H20N2S. The van der Waals surface area contributed by atoms with Crippen LogP contribution in [-0.4, -0.2) is 4.98 Å². The first-order chi connectivity index (χ1) is 9.20. The molecule has 2 nitrogen and oxygen atoms in total. The van der Waals surface area contributed by atoms with Crippen LogP contribution in [-0.2, 0) is 5.75 Å². The first-order valence-electron chi connectivity index (χ1n) is 6.59. The summed E-state index contributed by atoms with van der Waals surface area (Å²) in [6.07, 6.45) is 2.87. The summed E-state index contributed by atoms with van der Waals surface area (Å²) in [5.41, 5.74) is 9.78. The third kappa shape index (κ3) is 3.82. The molecule has 0 amide bonds. The SMILES string of the molecule is CC[C@@H](N)c1cnc(SCc2ccccc2)cc1C. The highest BCUT2D eigenvalue weighted by Gasteiger charge is 2.08. The molecule has 0 unspecified atom stereocenters. The van der Waals surface area contributed by atoms with E-state index in [4.69, 9.17) is 5.73 Å². The molecule has 0 aliphatic rings. The van der Waals surface area contributed by atoms with Gasteiger partial charge >= 0.3 is 0 Å². The van der Waals surface area contributed by atoms with E-state index in [1.807, 2.05) is 12.3 Å². The molecule has 19 heavy (non-hydrogen) atoms. The smallest absolute Gasteiger partial charge is 0.0965 e. The Bertz CT molecular complexity index is 526. The van der Waals surface area contributed by atoms with Crippen LogP contribution < -0.4 is 5.73 Å². The fraction of sp³-hybridized carbons (Fsp3) is 0.312. The first-order valence-corrected chi connectivity index (χ1v) is 7.58. The van der Waals surface area contributed by atoms with Crippen LogP contribution in [0.3, 0.4) is 0 Å².